The van der Waals surface area contributed by atoms with Crippen LogP contribution in [0.15, 0.2) is 24.3 Å². The standard InChI is InChI=1S/C14H20FN5O2/c15-11-4-1-3-10(7-11)13(21)16-5-2-6-17-14(22)20-12-8-18-19-9-12/h1,3-4,7,12,18-19H,2,5-6,8-9H2,(H,16,21)(H2,17,20,22). The summed E-state index contributed by atoms with van der Waals surface area (Å²) in [4.78, 5) is 23.3. The highest BCUT2D eigenvalue weighted by Gasteiger charge is 2.15. The van der Waals surface area contributed by atoms with E-state index >= 15 is 0 Å². The fourth-order valence-corrected chi connectivity index (χ4v) is 2.03. The number of carbonyl (C=O) groups excluding carboxylic acids is 2. The van der Waals surface area contributed by atoms with E-state index in [2.05, 4.69) is 26.8 Å². The van der Waals surface area contributed by atoms with Crippen molar-refractivity contribution in [3.05, 3.63) is 35.6 Å². The van der Waals surface area contributed by atoms with Crippen molar-refractivity contribution in [2.24, 2.45) is 0 Å². The lowest BCUT2D eigenvalue weighted by Crippen LogP contribution is -2.45. The van der Waals surface area contributed by atoms with Crippen LogP contribution in [0.4, 0.5) is 9.18 Å². The fraction of sp³-hybridized carbons (Fsp3) is 0.429. The molecule has 120 valence electrons. The quantitative estimate of drug-likeness (QED) is 0.467. The Hall–Kier alpha value is -2.19. The van der Waals surface area contributed by atoms with Crippen LogP contribution in [0.25, 0.3) is 0 Å². The normalized spacial score (nSPS) is 14.6. The van der Waals surface area contributed by atoms with Crippen molar-refractivity contribution in [2.45, 2.75) is 12.5 Å². The highest BCUT2D eigenvalue weighted by molar-refractivity contribution is 5.94. The van der Waals surface area contributed by atoms with E-state index in [1.165, 1.54) is 18.2 Å². The second kappa shape index (κ2) is 8.30. The van der Waals surface area contributed by atoms with E-state index in [1.54, 1.807) is 6.07 Å². The average molecular weight is 309 g/mol. The van der Waals surface area contributed by atoms with Gasteiger partial charge in [-0.3, -0.25) is 15.6 Å². The number of amides is 3. The minimum Gasteiger partial charge on any atom is -0.352 e. The number of hydrazine groups is 1. The lowest BCUT2D eigenvalue weighted by atomic mass is 10.2. The largest absolute Gasteiger partial charge is 0.352 e. The third kappa shape index (κ3) is 5.30. The summed E-state index contributed by atoms with van der Waals surface area (Å²) in [6.07, 6.45) is 0.593. The van der Waals surface area contributed by atoms with E-state index in [9.17, 15) is 14.0 Å². The highest BCUT2D eigenvalue weighted by atomic mass is 19.1. The number of benzene rings is 1. The first kappa shape index (κ1) is 16.2. The van der Waals surface area contributed by atoms with Crippen molar-refractivity contribution >= 4 is 11.9 Å². The van der Waals surface area contributed by atoms with E-state index in [4.69, 9.17) is 0 Å². The molecule has 0 bridgehead atoms. The molecule has 0 saturated carbocycles. The maximum absolute atomic E-state index is 13.0. The first-order valence-corrected chi connectivity index (χ1v) is 7.19. The van der Waals surface area contributed by atoms with Gasteiger partial charge in [-0.25, -0.2) is 9.18 Å². The Labute approximate surface area is 128 Å². The lowest BCUT2D eigenvalue weighted by Gasteiger charge is -2.12. The van der Waals surface area contributed by atoms with Crippen LogP contribution >= 0.6 is 0 Å². The molecule has 0 atom stereocenters. The smallest absolute Gasteiger partial charge is 0.315 e. The Morgan fingerprint density at radius 2 is 1.91 bits per heavy atom. The van der Waals surface area contributed by atoms with Crippen LogP contribution in [-0.2, 0) is 0 Å². The summed E-state index contributed by atoms with van der Waals surface area (Å²) in [5.41, 5.74) is 6.12. The van der Waals surface area contributed by atoms with Crippen LogP contribution in [0.2, 0.25) is 0 Å². The van der Waals surface area contributed by atoms with Crippen molar-refractivity contribution in [3.8, 4) is 0 Å². The first-order valence-electron chi connectivity index (χ1n) is 7.19. The summed E-state index contributed by atoms with van der Waals surface area (Å²) in [5.74, 6) is -0.770. The van der Waals surface area contributed by atoms with E-state index in [1.807, 2.05) is 0 Å². The zero-order valence-corrected chi connectivity index (χ0v) is 12.1. The Morgan fingerprint density at radius 3 is 2.64 bits per heavy atom. The zero-order chi connectivity index (χ0) is 15.8. The Kier molecular flexibility index (Phi) is 6.11. The van der Waals surface area contributed by atoms with Crippen LogP contribution < -0.4 is 26.8 Å². The highest BCUT2D eigenvalue weighted by Crippen LogP contribution is 2.02. The molecule has 1 aliphatic rings. The number of rotatable bonds is 6. The van der Waals surface area contributed by atoms with Gasteiger partial charge in [0.25, 0.3) is 5.91 Å². The minimum atomic E-state index is -0.443. The van der Waals surface area contributed by atoms with Gasteiger partial charge in [0.2, 0.25) is 0 Å². The molecule has 0 spiro atoms. The molecule has 1 fully saturated rings. The molecule has 7 nitrogen and oxygen atoms in total. The first-order chi connectivity index (χ1) is 10.6. The summed E-state index contributed by atoms with van der Waals surface area (Å²) in [6, 6.07) is 5.36. The molecule has 0 aliphatic carbocycles. The van der Waals surface area contributed by atoms with Crippen molar-refractivity contribution < 1.29 is 14.0 Å². The third-order valence-corrected chi connectivity index (χ3v) is 3.17. The summed E-state index contributed by atoms with van der Waals surface area (Å²) in [6.45, 7) is 2.24. The minimum absolute atomic E-state index is 0.0766. The molecule has 1 aromatic rings. The average Bonchev–Trinajstić information content (AvgIpc) is 2.99. The molecule has 2 rings (SSSR count). The second-order valence-corrected chi connectivity index (χ2v) is 4.98. The van der Waals surface area contributed by atoms with Crippen molar-refractivity contribution in [1.82, 2.24) is 26.8 Å². The molecule has 1 aliphatic heterocycles. The predicted molar refractivity (Wildman–Crippen MR) is 79.7 cm³/mol. The van der Waals surface area contributed by atoms with Gasteiger partial charge in [0.1, 0.15) is 5.82 Å². The van der Waals surface area contributed by atoms with Gasteiger partial charge < -0.3 is 16.0 Å². The summed E-state index contributed by atoms with van der Waals surface area (Å²) < 4.78 is 13.0. The van der Waals surface area contributed by atoms with Crippen LogP contribution in [0.3, 0.4) is 0 Å². The van der Waals surface area contributed by atoms with Gasteiger partial charge in [-0.2, -0.15) is 0 Å². The van der Waals surface area contributed by atoms with Crippen molar-refractivity contribution in [2.75, 3.05) is 26.2 Å². The van der Waals surface area contributed by atoms with Gasteiger partial charge in [0, 0.05) is 31.7 Å². The van der Waals surface area contributed by atoms with Crippen molar-refractivity contribution in [1.29, 1.82) is 0 Å². The number of carbonyl (C=O) groups is 2. The maximum atomic E-state index is 13.0. The van der Waals surface area contributed by atoms with Gasteiger partial charge >= 0.3 is 6.03 Å². The van der Waals surface area contributed by atoms with E-state index in [-0.39, 0.29) is 23.5 Å². The number of nitrogens with one attached hydrogen (secondary N) is 5. The molecular formula is C14H20FN5O2. The number of hydrogen-bond acceptors (Lipinski definition) is 4. The topological polar surface area (TPSA) is 94.3 Å². The SMILES string of the molecule is O=C(NCCCNC(=O)c1cccc(F)c1)NC1CNNC1. The Bertz CT molecular complexity index is 520. The summed E-state index contributed by atoms with van der Waals surface area (Å²) in [7, 11) is 0. The number of urea groups is 1. The molecule has 5 N–H and O–H groups in total. The lowest BCUT2D eigenvalue weighted by molar-refractivity contribution is 0.0953. The zero-order valence-electron chi connectivity index (χ0n) is 12.1. The Morgan fingerprint density at radius 1 is 1.18 bits per heavy atom. The molecule has 0 radical (unpaired) electrons. The molecule has 22 heavy (non-hydrogen) atoms. The van der Waals surface area contributed by atoms with Crippen LogP contribution in [0.1, 0.15) is 16.8 Å². The van der Waals surface area contributed by atoms with Crippen LogP contribution in [0.5, 0.6) is 0 Å². The van der Waals surface area contributed by atoms with Gasteiger partial charge in [-0.05, 0) is 24.6 Å². The number of halogens is 1. The third-order valence-electron chi connectivity index (χ3n) is 3.17. The maximum Gasteiger partial charge on any atom is 0.315 e. The predicted octanol–water partition coefficient (Wildman–Crippen LogP) is -0.279. The van der Waals surface area contributed by atoms with Crippen LogP contribution in [-0.4, -0.2) is 44.2 Å². The van der Waals surface area contributed by atoms with Crippen molar-refractivity contribution in [3.63, 3.8) is 0 Å². The Balaban J connectivity index is 1.57. The molecular weight excluding hydrogens is 289 g/mol. The monoisotopic (exact) mass is 309 g/mol. The van der Waals surface area contributed by atoms with Gasteiger partial charge in [0.15, 0.2) is 0 Å². The van der Waals surface area contributed by atoms with Gasteiger partial charge in [0.05, 0.1) is 6.04 Å². The van der Waals surface area contributed by atoms with E-state index < -0.39 is 5.82 Å². The molecule has 0 unspecified atom stereocenters. The van der Waals surface area contributed by atoms with E-state index in [0.717, 1.165) is 0 Å². The number of hydrogen-bond donors (Lipinski definition) is 5. The summed E-state index contributed by atoms with van der Waals surface area (Å²) >= 11 is 0. The molecule has 0 aromatic heterocycles. The molecule has 3 amide bonds. The fourth-order valence-electron chi connectivity index (χ4n) is 2.03. The van der Waals surface area contributed by atoms with E-state index in [0.29, 0.717) is 32.6 Å². The molecule has 1 saturated heterocycles. The van der Waals surface area contributed by atoms with Gasteiger partial charge in [-0.15, -0.1) is 0 Å². The second-order valence-electron chi connectivity index (χ2n) is 4.98. The van der Waals surface area contributed by atoms with Gasteiger partial charge in [-0.1, -0.05) is 6.07 Å². The molecule has 1 heterocycles. The summed E-state index contributed by atoms with van der Waals surface area (Å²) in [5, 5.41) is 8.20. The van der Waals surface area contributed by atoms with Crippen LogP contribution in [0, 0.1) is 5.82 Å². The molecule has 1 aromatic carbocycles. The molecule has 8 heteroatoms.